The molecule has 7 nitrogen and oxygen atoms in total. The number of hydrogen-bond donors (Lipinski definition) is 1. The predicted octanol–water partition coefficient (Wildman–Crippen LogP) is 0.0303. The summed E-state index contributed by atoms with van der Waals surface area (Å²) in [5.74, 6) is -0.0715. The maximum atomic E-state index is 12.4. The van der Waals surface area contributed by atoms with Crippen LogP contribution >= 0.6 is 0 Å². The molecular formula is C12H20N4O3S. The first-order chi connectivity index (χ1) is 9.30. The first kappa shape index (κ1) is 15.0. The minimum absolute atomic E-state index is 0.0715. The average Bonchev–Trinajstić information content (AvgIpc) is 2.86. The van der Waals surface area contributed by atoms with Crippen molar-refractivity contribution < 1.29 is 13.2 Å². The third-order valence-electron chi connectivity index (χ3n) is 3.44. The maximum absolute atomic E-state index is 12.4. The molecule has 1 aromatic rings. The minimum atomic E-state index is -3.66. The zero-order valence-electron chi connectivity index (χ0n) is 11.7. The minimum Gasteiger partial charge on any atom is -0.341 e. The molecule has 2 N–H and O–H groups in total. The fraction of sp³-hybridized carbons (Fsp3) is 0.583. The molecule has 0 aromatic carbocycles. The van der Waals surface area contributed by atoms with Crippen LogP contribution in [0.25, 0.3) is 0 Å². The van der Waals surface area contributed by atoms with Gasteiger partial charge in [-0.05, 0) is 26.0 Å². The fourth-order valence-corrected chi connectivity index (χ4v) is 3.01. The highest BCUT2D eigenvalue weighted by Crippen LogP contribution is 2.15. The topological polar surface area (TPSA) is 88.6 Å². The van der Waals surface area contributed by atoms with Crippen LogP contribution in [0.2, 0.25) is 0 Å². The van der Waals surface area contributed by atoms with Crippen LogP contribution in [-0.2, 0) is 10.2 Å². The number of aromatic nitrogens is 1. The molecule has 1 aromatic heterocycles. The summed E-state index contributed by atoms with van der Waals surface area (Å²) in [6, 6.07) is 3.83. The summed E-state index contributed by atoms with van der Waals surface area (Å²) in [6.07, 6.45) is 1.87. The maximum Gasteiger partial charge on any atom is 0.277 e. The first-order valence-corrected chi connectivity index (χ1v) is 8.05. The number of nitrogens with two attached hydrogens (primary N) is 1. The number of rotatable bonds is 3. The van der Waals surface area contributed by atoms with Gasteiger partial charge in [-0.25, -0.2) is 5.14 Å². The zero-order chi connectivity index (χ0) is 14.9. The van der Waals surface area contributed by atoms with E-state index in [0.29, 0.717) is 18.8 Å². The van der Waals surface area contributed by atoms with Gasteiger partial charge in [-0.15, -0.1) is 0 Å². The second kappa shape index (κ2) is 5.55. The molecule has 0 spiro atoms. The molecule has 1 amide bonds. The van der Waals surface area contributed by atoms with Crippen LogP contribution in [0.5, 0.6) is 0 Å². The third-order valence-corrected chi connectivity index (χ3v) is 4.53. The van der Waals surface area contributed by atoms with Gasteiger partial charge in [0.2, 0.25) is 0 Å². The van der Waals surface area contributed by atoms with E-state index < -0.39 is 10.2 Å². The summed E-state index contributed by atoms with van der Waals surface area (Å²) in [5, 5.41) is 5.08. The molecule has 1 aliphatic heterocycles. The van der Waals surface area contributed by atoms with Crippen molar-refractivity contribution in [3.8, 4) is 0 Å². The van der Waals surface area contributed by atoms with E-state index >= 15 is 0 Å². The summed E-state index contributed by atoms with van der Waals surface area (Å²) >= 11 is 0. The summed E-state index contributed by atoms with van der Waals surface area (Å²) in [4.78, 5) is 14.1. The monoisotopic (exact) mass is 300 g/mol. The van der Waals surface area contributed by atoms with Gasteiger partial charge in [0.1, 0.15) is 5.69 Å². The number of hydrogen-bond acceptors (Lipinski definition) is 3. The first-order valence-electron chi connectivity index (χ1n) is 6.54. The van der Waals surface area contributed by atoms with Crippen LogP contribution < -0.4 is 5.14 Å². The lowest BCUT2D eigenvalue weighted by atomic mass is 10.3. The van der Waals surface area contributed by atoms with E-state index in [-0.39, 0.29) is 25.0 Å². The highest BCUT2D eigenvalue weighted by molar-refractivity contribution is 7.86. The van der Waals surface area contributed by atoms with E-state index in [1.165, 1.54) is 4.31 Å². The largest absolute Gasteiger partial charge is 0.341 e. The van der Waals surface area contributed by atoms with Crippen molar-refractivity contribution in [3.63, 3.8) is 0 Å². The third kappa shape index (κ3) is 3.02. The van der Waals surface area contributed by atoms with Gasteiger partial charge in [0.05, 0.1) is 0 Å². The Kier molecular flexibility index (Phi) is 4.17. The number of amides is 1. The summed E-state index contributed by atoms with van der Waals surface area (Å²) in [5.41, 5.74) is 0.629. The van der Waals surface area contributed by atoms with Crippen molar-refractivity contribution in [3.05, 3.63) is 24.0 Å². The summed E-state index contributed by atoms with van der Waals surface area (Å²) in [6.45, 7) is 5.22. The quantitative estimate of drug-likeness (QED) is 0.854. The lowest BCUT2D eigenvalue weighted by Crippen LogP contribution is -2.52. The Morgan fingerprint density at radius 1 is 1.25 bits per heavy atom. The van der Waals surface area contributed by atoms with Crippen LogP contribution in [0.4, 0.5) is 0 Å². The molecular weight excluding hydrogens is 280 g/mol. The highest BCUT2D eigenvalue weighted by Gasteiger charge is 2.28. The summed E-state index contributed by atoms with van der Waals surface area (Å²) in [7, 11) is -3.66. The molecule has 0 aliphatic carbocycles. The van der Waals surface area contributed by atoms with Gasteiger partial charge in [0.25, 0.3) is 16.1 Å². The van der Waals surface area contributed by atoms with E-state index in [4.69, 9.17) is 5.14 Å². The fourth-order valence-electron chi connectivity index (χ4n) is 2.33. The van der Waals surface area contributed by atoms with Gasteiger partial charge in [-0.1, -0.05) is 0 Å². The Balaban J connectivity index is 2.07. The smallest absolute Gasteiger partial charge is 0.277 e. The predicted molar refractivity (Wildman–Crippen MR) is 75.4 cm³/mol. The Morgan fingerprint density at radius 2 is 1.85 bits per heavy atom. The van der Waals surface area contributed by atoms with E-state index in [2.05, 4.69) is 0 Å². The van der Waals surface area contributed by atoms with Gasteiger partial charge >= 0.3 is 0 Å². The van der Waals surface area contributed by atoms with Crippen molar-refractivity contribution in [2.45, 2.75) is 19.9 Å². The molecule has 1 fully saturated rings. The molecule has 20 heavy (non-hydrogen) atoms. The van der Waals surface area contributed by atoms with E-state index in [9.17, 15) is 13.2 Å². The molecule has 0 saturated carbocycles. The van der Waals surface area contributed by atoms with Gasteiger partial charge in [-0.3, -0.25) is 4.79 Å². The average molecular weight is 300 g/mol. The number of nitrogens with zero attached hydrogens (tertiary/aromatic N) is 3. The van der Waals surface area contributed by atoms with Crippen molar-refractivity contribution in [1.29, 1.82) is 0 Å². The van der Waals surface area contributed by atoms with Gasteiger partial charge < -0.3 is 9.47 Å². The van der Waals surface area contributed by atoms with Crippen LogP contribution in [-0.4, -0.2) is 54.3 Å². The molecule has 112 valence electrons. The lowest BCUT2D eigenvalue weighted by Gasteiger charge is -2.33. The van der Waals surface area contributed by atoms with Crippen LogP contribution in [0.3, 0.4) is 0 Å². The standard InChI is InChI=1S/C12H20N4O3S/c1-10(2)16-5-3-4-11(16)12(17)14-6-8-15(9-7-14)20(13,18)19/h3-5,10H,6-9H2,1-2H3,(H2,13,18,19). The van der Waals surface area contributed by atoms with Gasteiger partial charge in [0.15, 0.2) is 0 Å². The Labute approximate surface area is 119 Å². The normalized spacial score (nSPS) is 17.7. The van der Waals surface area contributed by atoms with E-state index in [0.717, 1.165) is 0 Å². The molecule has 0 radical (unpaired) electrons. The van der Waals surface area contributed by atoms with Gasteiger partial charge in [-0.2, -0.15) is 12.7 Å². The number of piperazine rings is 1. The summed E-state index contributed by atoms with van der Waals surface area (Å²) < 4.78 is 25.6. The Hall–Kier alpha value is -1.38. The number of carbonyl (C=O) groups is 1. The zero-order valence-corrected chi connectivity index (χ0v) is 12.5. The second-order valence-electron chi connectivity index (χ2n) is 5.13. The Bertz CT molecular complexity index is 586. The van der Waals surface area contributed by atoms with E-state index in [1.54, 1.807) is 11.0 Å². The molecule has 1 saturated heterocycles. The van der Waals surface area contributed by atoms with Crippen molar-refractivity contribution >= 4 is 16.1 Å². The molecule has 0 unspecified atom stereocenters. The van der Waals surface area contributed by atoms with Crippen LogP contribution in [0.15, 0.2) is 18.3 Å². The molecule has 8 heteroatoms. The lowest BCUT2D eigenvalue weighted by molar-refractivity contribution is 0.0685. The molecule has 2 rings (SSSR count). The van der Waals surface area contributed by atoms with Crippen LogP contribution in [0.1, 0.15) is 30.4 Å². The highest BCUT2D eigenvalue weighted by atomic mass is 32.2. The number of carbonyl (C=O) groups excluding carboxylic acids is 1. The van der Waals surface area contributed by atoms with Crippen LogP contribution in [0, 0.1) is 0 Å². The molecule has 2 heterocycles. The second-order valence-corrected chi connectivity index (χ2v) is 6.68. The van der Waals surface area contributed by atoms with E-state index in [1.807, 2.05) is 30.7 Å². The van der Waals surface area contributed by atoms with Crippen molar-refractivity contribution in [2.24, 2.45) is 5.14 Å². The van der Waals surface area contributed by atoms with Gasteiger partial charge in [0, 0.05) is 38.4 Å². The van der Waals surface area contributed by atoms with Crippen molar-refractivity contribution in [2.75, 3.05) is 26.2 Å². The van der Waals surface area contributed by atoms with Crippen molar-refractivity contribution in [1.82, 2.24) is 13.8 Å². The molecule has 1 aliphatic rings. The molecule has 0 bridgehead atoms. The molecule has 0 atom stereocenters. The Morgan fingerprint density at radius 3 is 2.35 bits per heavy atom. The SMILES string of the molecule is CC(C)n1cccc1C(=O)N1CCN(S(N)(=O)=O)CC1.